The van der Waals surface area contributed by atoms with Gasteiger partial charge in [0.2, 0.25) is 0 Å². The summed E-state index contributed by atoms with van der Waals surface area (Å²) in [5.74, 6) is -1.84. The van der Waals surface area contributed by atoms with Gasteiger partial charge in [0, 0.05) is 11.6 Å². The number of aromatic amines is 1. The first-order valence-electron chi connectivity index (χ1n) is 12.7. The topological polar surface area (TPSA) is 163 Å². The zero-order valence-electron chi connectivity index (χ0n) is 20.9. The molecular weight excluding hydrogens is 454 g/mol. The summed E-state index contributed by atoms with van der Waals surface area (Å²) in [6, 6.07) is 3.11. The average Bonchev–Trinajstić information content (AvgIpc) is 3.41. The maximum Gasteiger partial charge on any atom is 0.355 e. The predicted octanol–water partition coefficient (Wildman–Crippen LogP) is 0.476. The highest BCUT2D eigenvalue weighted by atomic mass is 16.6. The Morgan fingerprint density at radius 3 is 2.37 bits per heavy atom. The van der Waals surface area contributed by atoms with Crippen molar-refractivity contribution in [2.45, 2.75) is 101 Å². The second-order valence-electron chi connectivity index (χ2n) is 13.0. The summed E-state index contributed by atoms with van der Waals surface area (Å²) in [6.07, 6.45) is -1.07. The second kappa shape index (κ2) is 5.97. The highest BCUT2D eigenvalue weighted by Gasteiger charge is 3.08. The van der Waals surface area contributed by atoms with Crippen LogP contribution in [-0.2, 0) is 4.74 Å². The Labute approximate surface area is 204 Å². The van der Waals surface area contributed by atoms with E-state index in [0.717, 1.165) is 0 Å². The van der Waals surface area contributed by atoms with Gasteiger partial charge in [0.1, 0.15) is 22.5 Å². The first-order chi connectivity index (χ1) is 16.0. The standard InChI is InChI=1S/C26H37NO8/c1-13(2)24(32)18(35-17(29)15-7-6-10-27-15)25(33)19(4)11-21(30)12-22(26(25,34)20(21,24)5)16(28)14(3)8-9-23(19,22)31/h6-7,10,13-14,16,18,27-28,30-34H,8-9,11-12H2,1-5H3/t14?,16?,18?,19?,20?,21-,22?,23-,24?,25+,26?/m0/s1. The Morgan fingerprint density at radius 1 is 1.14 bits per heavy atom. The third-order valence-electron chi connectivity index (χ3n) is 12.1. The molecular formula is C26H37NO8. The Hall–Kier alpha value is -1.49. The molecule has 9 nitrogen and oxygen atoms in total. The number of aromatic nitrogens is 1. The van der Waals surface area contributed by atoms with Crippen LogP contribution in [0.1, 0.15) is 70.8 Å². The molecule has 7 N–H and O–H groups in total. The van der Waals surface area contributed by atoms with Crippen LogP contribution in [0.25, 0.3) is 0 Å². The predicted molar refractivity (Wildman–Crippen MR) is 122 cm³/mol. The molecule has 6 bridgehead atoms. The van der Waals surface area contributed by atoms with Crippen molar-refractivity contribution in [1.29, 1.82) is 0 Å². The molecule has 0 radical (unpaired) electrons. The number of carbonyl (C=O) groups is 1. The van der Waals surface area contributed by atoms with E-state index in [1.807, 2.05) is 6.92 Å². The number of aliphatic hydroxyl groups excluding tert-OH is 1. The molecule has 11 atom stereocenters. The average molecular weight is 492 g/mol. The minimum absolute atomic E-state index is 0.0996. The number of H-pyrrole nitrogens is 1. The first-order valence-corrected chi connectivity index (χ1v) is 12.7. The first kappa shape index (κ1) is 23.9. The molecule has 0 amide bonds. The Balaban J connectivity index is 1.69. The number of aliphatic hydroxyl groups is 6. The van der Waals surface area contributed by atoms with Crippen molar-refractivity contribution in [2.24, 2.45) is 28.1 Å². The number of rotatable bonds is 3. The van der Waals surface area contributed by atoms with E-state index >= 15 is 0 Å². The van der Waals surface area contributed by atoms with E-state index in [1.165, 1.54) is 13.0 Å². The smallest absolute Gasteiger partial charge is 0.355 e. The minimum atomic E-state index is -2.36. The van der Waals surface area contributed by atoms with Crippen molar-refractivity contribution < 1.29 is 40.2 Å². The van der Waals surface area contributed by atoms with Crippen molar-refractivity contribution in [3.8, 4) is 0 Å². The summed E-state index contributed by atoms with van der Waals surface area (Å²) in [5, 5.41) is 74.7. The fourth-order valence-corrected chi connectivity index (χ4v) is 10.6. The molecule has 1 aromatic heterocycles. The summed E-state index contributed by atoms with van der Waals surface area (Å²) in [5.41, 5.74) is -15.4. The van der Waals surface area contributed by atoms with E-state index in [-0.39, 0.29) is 30.9 Å². The van der Waals surface area contributed by atoms with E-state index < -0.39 is 68.3 Å². The number of hydrogen-bond donors (Lipinski definition) is 7. The molecule has 8 unspecified atom stereocenters. The van der Waals surface area contributed by atoms with Gasteiger partial charge in [-0.1, -0.05) is 34.6 Å². The molecule has 0 aromatic carbocycles. The van der Waals surface area contributed by atoms with Gasteiger partial charge < -0.3 is 40.4 Å². The molecule has 6 aliphatic rings. The lowest BCUT2D eigenvalue weighted by Gasteiger charge is -2.61. The SMILES string of the molecule is CC1CC[C@@]2(O)C3(C[C@@]4(O)CC2(C)[C@]2(O)C(OC(=O)c5ccc[nH]5)C(O)(C(C)C)C4(C)C32O)C1O. The van der Waals surface area contributed by atoms with E-state index in [2.05, 4.69) is 4.98 Å². The van der Waals surface area contributed by atoms with Crippen LogP contribution in [0.4, 0.5) is 0 Å². The fourth-order valence-electron chi connectivity index (χ4n) is 10.6. The summed E-state index contributed by atoms with van der Waals surface area (Å²) in [6.45, 7) is 8.31. The number of carbonyl (C=O) groups excluding carboxylic acids is 1. The zero-order valence-corrected chi connectivity index (χ0v) is 20.9. The van der Waals surface area contributed by atoms with Crippen LogP contribution < -0.4 is 0 Å². The highest BCUT2D eigenvalue weighted by Crippen LogP contribution is 2.93. The molecule has 6 aliphatic carbocycles. The molecule has 9 heteroatoms. The molecule has 0 aliphatic heterocycles. The summed E-state index contributed by atoms with van der Waals surface area (Å²) < 4.78 is 5.92. The van der Waals surface area contributed by atoms with Crippen molar-refractivity contribution in [1.82, 2.24) is 4.98 Å². The van der Waals surface area contributed by atoms with Gasteiger partial charge in [-0.05, 0) is 49.7 Å². The molecule has 6 saturated carbocycles. The van der Waals surface area contributed by atoms with E-state index in [1.54, 1.807) is 33.0 Å². The lowest BCUT2D eigenvalue weighted by atomic mass is 9.47. The molecule has 1 heterocycles. The van der Waals surface area contributed by atoms with Gasteiger partial charge in [-0.3, -0.25) is 0 Å². The van der Waals surface area contributed by atoms with Crippen LogP contribution in [0, 0.1) is 28.1 Å². The molecule has 7 rings (SSSR count). The van der Waals surface area contributed by atoms with Gasteiger partial charge in [0.25, 0.3) is 0 Å². The van der Waals surface area contributed by atoms with Gasteiger partial charge in [0.05, 0.1) is 28.1 Å². The fraction of sp³-hybridized carbons (Fsp3) is 0.808. The molecule has 1 spiro atoms. The molecule has 194 valence electrons. The van der Waals surface area contributed by atoms with E-state index in [0.29, 0.717) is 6.42 Å². The van der Waals surface area contributed by atoms with Crippen LogP contribution in [0.2, 0.25) is 0 Å². The lowest BCUT2D eigenvalue weighted by Crippen LogP contribution is -2.72. The summed E-state index contributed by atoms with van der Waals surface area (Å²) in [4.78, 5) is 16.0. The summed E-state index contributed by atoms with van der Waals surface area (Å²) >= 11 is 0. The van der Waals surface area contributed by atoms with E-state index in [9.17, 15) is 35.4 Å². The Bertz CT molecular complexity index is 1120. The van der Waals surface area contributed by atoms with Crippen LogP contribution in [-0.4, -0.2) is 81.8 Å². The van der Waals surface area contributed by atoms with Crippen molar-refractivity contribution in [3.05, 3.63) is 24.0 Å². The number of nitrogens with one attached hydrogen (secondary N) is 1. The quantitative estimate of drug-likeness (QED) is 0.300. The van der Waals surface area contributed by atoms with Crippen molar-refractivity contribution in [2.75, 3.05) is 0 Å². The van der Waals surface area contributed by atoms with Crippen LogP contribution in [0.3, 0.4) is 0 Å². The number of hydrogen-bond acceptors (Lipinski definition) is 8. The highest BCUT2D eigenvalue weighted by molar-refractivity contribution is 5.87. The third-order valence-corrected chi connectivity index (χ3v) is 12.1. The van der Waals surface area contributed by atoms with Gasteiger partial charge in [-0.25, -0.2) is 4.79 Å². The second-order valence-corrected chi connectivity index (χ2v) is 13.0. The van der Waals surface area contributed by atoms with Gasteiger partial charge in [-0.15, -0.1) is 0 Å². The van der Waals surface area contributed by atoms with Crippen LogP contribution in [0.5, 0.6) is 0 Å². The summed E-state index contributed by atoms with van der Waals surface area (Å²) in [7, 11) is 0. The van der Waals surface area contributed by atoms with E-state index in [4.69, 9.17) is 4.74 Å². The largest absolute Gasteiger partial charge is 0.451 e. The Kier molecular flexibility index (Phi) is 4.08. The maximum absolute atomic E-state index is 13.2. The van der Waals surface area contributed by atoms with Crippen molar-refractivity contribution >= 4 is 5.97 Å². The van der Waals surface area contributed by atoms with Crippen LogP contribution >= 0.6 is 0 Å². The monoisotopic (exact) mass is 491 g/mol. The Morgan fingerprint density at radius 2 is 1.80 bits per heavy atom. The molecule has 0 saturated heterocycles. The van der Waals surface area contributed by atoms with Gasteiger partial charge >= 0.3 is 5.97 Å². The number of ether oxygens (including phenoxy) is 1. The van der Waals surface area contributed by atoms with Gasteiger partial charge in [-0.2, -0.15) is 0 Å². The zero-order chi connectivity index (χ0) is 25.8. The maximum atomic E-state index is 13.2. The molecule has 6 fully saturated rings. The molecule has 1 aromatic rings. The lowest BCUT2D eigenvalue weighted by molar-refractivity contribution is -0.289. The normalized spacial score (nSPS) is 59.8. The third kappa shape index (κ3) is 1.75. The van der Waals surface area contributed by atoms with Crippen molar-refractivity contribution in [3.63, 3.8) is 0 Å². The van der Waals surface area contributed by atoms with Crippen LogP contribution in [0.15, 0.2) is 18.3 Å². The molecule has 35 heavy (non-hydrogen) atoms. The minimum Gasteiger partial charge on any atom is -0.451 e. The van der Waals surface area contributed by atoms with Gasteiger partial charge in [0.15, 0.2) is 6.10 Å². The number of esters is 1.